The molecule has 0 radical (unpaired) electrons. The first-order valence-corrected chi connectivity index (χ1v) is 8.50. The summed E-state index contributed by atoms with van der Waals surface area (Å²) in [5, 5.41) is 0. The maximum absolute atomic E-state index is 5.98. The Hall–Kier alpha value is -2.43. The van der Waals surface area contributed by atoms with Gasteiger partial charge in [-0.2, -0.15) is 0 Å². The van der Waals surface area contributed by atoms with Gasteiger partial charge < -0.3 is 10.5 Å². The van der Waals surface area contributed by atoms with Crippen LogP contribution in [-0.2, 0) is 12.8 Å². The second-order valence-electron chi connectivity index (χ2n) is 6.79. The van der Waals surface area contributed by atoms with Crippen molar-refractivity contribution in [2.75, 3.05) is 7.11 Å². The third kappa shape index (κ3) is 2.75. The lowest BCUT2D eigenvalue weighted by Crippen LogP contribution is -2.26. The Morgan fingerprint density at radius 1 is 1.12 bits per heavy atom. The van der Waals surface area contributed by atoms with E-state index in [4.69, 9.17) is 15.5 Å². The number of ether oxygens (including phenoxy) is 1. The smallest absolute Gasteiger partial charge is 0.232 e. The Morgan fingerprint density at radius 2 is 2.04 bits per heavy atom. The Labute approximate surface area is 142 Å². The molecule has 0 fully saturated rings. The van der Waals surface area contributed by atoms with Crippen LogP contribution in [0.4, 0.5) is 0 Å². The van der Waals surface area contributed by atoms with E-state index in [0.717, 1.165) is 49.2 Å². The second-order valence-corrected chi connectivity index (χ2v) is 6.79. The number of benzene rings is 1. The first kappa shape index (κ1) is 15.1. The number of methoxy groups -OCH3 is 1. The highest BCUT2D eigenvalue weighted by Crippen LogP contribution is 2.38. The third-order valence-corrected chi connectivity index (χ3v) is 5.16. The number of aliphatic imine (C=N–C) groups is 1. The van der Waals surface area contributed by atoms with Crippen LogP contribution in [0.1, 0.15) is 36.8 Å². The minimum atomic E-state index is 0.00795. The van der Waals surface area contributed by atoms with Crippen LogP contribution in [0.15, 0.2) is 35.6 Å². The topological polar surface area (TPSA) is 73.4 Å². The number of hydrogen-bond donors (Lipinski definition) is 1. The fourth-order valence-electron chi connectivity index (χ4n) is 3.92. The zero-order valence-corrected chi connectivity index (χ0v) is 14.0. The van der Waals surface area contributed by atoms with Gasteiger partial charge in [-0.25, -0.2) is 4.98 Å². The molecule has 5 heteroatoms. The standard InChI is InChI=1S/C19H22N4O/c1-24-18-12-21-11-16(22-18)14-5-4-13-3-2-7-19(10-15(13)9-14)8-6-17(20)23-19/h4-5,9,11-12H,2-3,6-8,10H2,1H3,(H2,20,23)/t19-/m1/s1. The molecule has 1 atom stereocenters. The van der Waals surface area contributed by atoms with Crippen molar-refractivity contribution in [3.8, 4) is 17.1 Å². The van der Waals surface area contributed by atoms with E-state index in [-0.39, 0.29) is 5.54 Å². The monoisotopic (exact) mass is 322 g/mol. The van der Waals surface area contributed by atoms with Crippen molar-refractivity contribution < 1.29 is 4.74 Å². The van der Waals surface area contributed by atoms with E-state index >= 15 is 0 Å². The van der Waals surface area contributed by atoms with Crippen LogP contribution < -0.4 is 10.5 Å². The Kier molecular flexibility index (Phi) is 3.71. The van der Waals surface area contributed by atoms with E-state index in [2.05, 4.69) is 28.2 Å². The molecule has 0 saturated heterocycles. The molecule has 1 aliphatic carbocycles. The fraction of sp³-hybridized carbons (Fsp3) is 0.421. The van der Waals surface area contributed by atoms with Crippen molar-refractivity contribution in [2.45, 2.75) is 44.1 Å². The van der Waals surface area contributed by atoms with Gasteiger partial charge in [-0.1, -0.05) is 12.1 Å². The van der Waals surface area contributed by atoms with Gasteiger partial charge in [0, 0.05) is 12.0 Å². The molecule has 1 aliphatic heterocycles. The lowest BCUT2D eigenvalue weighted by molar-refractivity contribution is 0.392. The number of nitrogens with zero attached hydrogens (tertiary/aromatic N) is 3. The van der Waals surface area contributed by atoms with Crippen molar-refractivity contribution >= 4 is 5.84 Å². The number of nitrogens with two attached hydrogens (primary N) is 1. The molecule has 2 aliphatic rings. The van der Waals surface area contributed by atoms with Gasteiger partial charge in [-0.15, -0.1) is 0 Å². The van der Waals surface area contributed by atoms with Crippen LogP contribution in [0.5, 0.6) is 5.88 Å². The molecule has 5 nitrogen and oxygen atoms in total. The molecule has 0 amide bonds. The van der Waals surface area contributed by atoms with Gasteiger partial charge in [0.15, 0.2) is 0 Å². The molecule has 0 unspecified atom stereocenters. The summed E-state index contributed by atoms with van der Waals surface area (Å²) >= 11 is 0. The largest absolute Gasteiger partial charge is 0.480 e. The molecule has 2 heterocycles. The Morgan fingerprint density at radius 3 is 2.83 bits per heavy atom. The minimum absolute atomic E-state index is 0.00795. The fourth-order valence-corrected chi connectivity index (χ4v) is 3.92. The van der Waals surface area contributed by atoms with E-state index in [9.17, 15) is 0 Å². The van der Waals surface area contributed by atoms with Crippen molar-refractivity contribution in [3.05, 3.63) is 41.7 Å². The molecular formula is C19H22N4O. The van der Waals surface area contributed by atoms with Crippen LogP contribution in [0, 0.1) is 0 Å². The predicted octanol–water partition coefficient (Wildman–Crippen LogP) is 2.92. The summed E-state index contributed by atoms with van der Waals surface area (Å²) in [6.45, 7) is 0. The minimum Gasteiger partial charge on any atom is -0.480 e. The zero-order chi connectivity index (χ0) is 16.6. The summed E-state index contributed by atoms with van der Waals surface area (Å²) in [5.41, 5.74) is 10.7. The number of hydrogen-bond acceptors (Lipinski definition) is 5. The maximum atomic E-state index is 5.98. The number of aromatic nitrogens is 2. The third-order valence-electron chi connectivity index (χ3n) is 5.16. The summed E-state index contributed by atoms with van der Waals surface area (Å²) in [4.78, 5) is 13.5. The highest BCUT2D eigenvalue weighted by molar-refractivity contribution is 5.82. The number of fused-ring (bicyclic) bond motifs is 1. The lowest BCUT2D eigenvalue weighted by atomic mass is 9.86. The van der Waals surface area contributed by atoms with Gasteiger partial charge in [0.25, 0.3) is 0 Å². The molecule has 24 heavy (non-hydrogen) atoms. The van der Waals surface area contributed by atoms with Crippen LogP contribution in [0.3, 0.4) is 0 Å². The Bertz CT molecular complexity index is 802. The number of aryl methyl sites for hydroxylation is 1. The van der Waals surface area contributed by atoms with E-state index in [1.807, 2.05) is 0 Å². The van der Waals surface area contributed by atoms with E-state index in [1.54, 1.807) is 19.5 Å². The highest BCUT2D eigenvalue weighted by atomic mass is 16.5. The van der Waals surface area contributed by atoms with Crippen molar-refractivity contribution in [1.82, 2.24) is 9.97 Å². The molecule has 2 N–H and O–H groups in total. The predicted molar refractivity (Wildman–Crippen MR) is 94.2 cm³/mol. The summed E-state index contributed by atoms with van der Waals surface area (Å²) in [6.07, 6.45) is 9.77. The quantitative estimate of drug-likeness (QED) is 0.922. The van der Waals surface area contributed by atoms with Gasteiger partial charge in [0.05, 0.1) is 36.6 Å². The van der Waals surface area contributed by atoms with Crippen molar-refractivity contribution in [2.24, 2.45) is 10.7 Å². The Balaban J connectivity index is 1.72. The summed E-state index contributed by atoms with van der Waals surface area (Å²) in [6, 6.07) is 6.61. The van der Waals surface area contributed by atoms with Crippen LogP contribution in [-0.4, -0.2) is 28.5 Å². The lowest BCUT2D eigenvalue weighted by Gasteiger charge is -2.24. The zero-order valence-electron chi connectivity index (χ0n) is 14.0. The van der Waals surface area contributed by atoms with Gasteiger partial charge in [0.1, 0.15) is 0 Å². The van der Waals surface area contributed by atoms with Crippen LogP contribution >= 0.6 is 0 Å². The SMILES string of the molecule is COc1cncc(-c2ccc3c(c2)C[C@@]2(CCC3)CCC(N)=N2)n1. The average molecular weight is 322 g/mol. The molecule has 1 spiro atoms. The van der Waals surface area contributed by atoms with E-state index in [1.165, 1.54) is 17.5 Å². The van der Waals surface area contributed by atoms with E-state index < -0.39 is 0 Å². The molecule has 0 bridgehead atoms. The van der Waals surface area contributed by atoms with Crippen LogP contribution in [0.25, 0.3) is 11.3 Å². The average Bonchev–Trinajstić information content (AvgIpc) is 2.86. The van der Waals surface area contributed by atoms with E-state index in [0.29, 0.717) is 5.88 Å². The van der Waals surface area contributed by atoms with Crippen LogP contribution in [0.2, 0.25) is 0 Å². The number of amidine groups is 1. The summed E-state index contributed by atoms with van der Waals surface area (Å²) in [5.74, 6) is 1.35. The molecule has 0 saturated carbocycles. The maximum Gasteiger partial charge on any atom is 0.232 e. The molecule has 1 aromatic carbocycles. The molecular weight excluding hydrogens is 300 g/mol. The van der Waals surface area contributed by atoms with Gasteiger partial charge in [-0.05, 0) is 49.3 Å². The first-order valence-electron chi connectivity index (χ1n) is 8.50. The molecule has 2 aromatic rings. The number of rotatable bonds is 2. The van der Waals surface area contributed by atoms with Crippen molar-refractivity contribution in [1.29, 1.82) is 0 Å². The van der Waals surface area contributed by atoms with Gasteiger partial charge >= 0.3 is 0 Å². The van der Waals surface area contributed by atoms with Gasteiger partial charge in [-0.3, -0.25) is 9.98 Å². The second kappa shape index (κ2) is 5.89. The molecule has 1 aromatic heterocycles. The summed E-state index contributed by atoms with van der Waals surface area (Å²) < 4.78 is 5.19. The highest BCUT2D eigenvalue weighted by Gasteiger charge is 2.36. The summed E-state index contributed by atoms with van der Waals surface area (Å²) in [7, 11) is 1.61. The normalized spacial score (nSPS) is 22.8. The molecule has 124 valence electrons. The first-order chi connectivity index (χ1) is 11.7. The van der Waals surface area contributed by atoms with Gasteiger partial charge in [0.2, 0.25) is 5.88 Å². The molecule has 4 rings (SSSR count). The van der Waals surface area contributed by atoms with Crippen molar-refractivity contribution in [3.63, 3.8) is 0 Å².